The van der Waals surface area contributed by atoms with Gasteiger partial charge in [-0.3, -0.25) is 4.90 Å². The molecule has 114 valence electrons. The Hall–Kier alpha value is -0.130. The predicted molar refractivity (Wildman–Crippen MR) is 80.7 cm³/mol. The Morgan fingerprint density at radius 2 is 1.79 bits per heavy atom. The highest BCUT2D eigenvalue weighted by Crippen LogP contribution is 2.17. The monoisotopic (exact) mass is 290 g/mol. The number of nitrogens with one attached hydrogen (secondary N) is 1. The van der Waals surface area contributed by atoms with Crippen molar-refractivity contribution >= 4 is 10.0 Å². The Kier molecular flexibility index (Phi) is 7.32. The molecule has 1 atom stereocenters. The molecule has 1 fully saturated rings. The van der Waals surface area contributed by atoms with E-state index in [4.69, 9.17) is 0 Å². The highest BCUT2D eigenvalue weighted by molar-refractivity contribution is 7.89. The molecular formula is C14H30N2O2S. The zero-order valence-electron chi connectivity index (χ0n) is 12.7. The van der Waals surface area contributed by atoms with Crippen LogP contribution in [-0.4, -0.2) is 44.7 Å². The molecule has 0 saturated carbocycles. The summed E-state index contributed by atoms with van der Waals surface area (Å²) in [6.07, 6.45) is 5.45. The van der Waals surface area contributed by atoms with E-state index in [1.165, 1.54) is 19.3 Å². The van der Waals surface area contributed by atoms with E-state index in [-0.39, 0.29) is 5.75 Å². The van der Waals surface area contributed by atoms with E-state index in [9.17, 15) is 8.42 Å². The van der Waals surface area contributed by atoms with Crippen LogP contribution in [0.3, 0.4) is 0 Å². The molecular weight excluding hydrogens is 260 g/mol. The Morgan fingerprint density at radius 1 is 1.16 bits per heavy atom. The second-order valence-corrected chi connectivity index (χ2v) is 7.86. The van der Waals surface area contributed by atoms with Crippen molar-refractivity contribution < 1.29 is 8.42 Å². The summed E-state index contributed by atoms with van der Waals surface area (Å²) in [5.74, 6) is 0.737. The first-order valence-electron chi connectivity index (χ1n) is 7.67. The third-order valence-electron chi connectivity index (χ3n) is 3.91. The lowest BCUT2D eigenvalue weighted by Crippen LogP contribution is -2.49. The average molecular weight is 290 g/mol. The molecule has 0 amide bonds. The molecule has 1 aliphatic heterocycles. The van der Waals surface area contributed by atoms with E-state index >= 15 is 0 Å². The van der Waals surface area contributed by atoms with E-state index in [2.05, 4.69) is 23.5 Å². The van der Waals surface area contributed by atoms with Crippen LogP contribution in [-0.2, 0) is 10.0 Å². The summed E-state index contributed by atoms with van der Waals surface area (Å²) in [5.41, 5.74) is 0. The van der Waals surface area contributed by atoms with Gasteiger partial charge in [-0.25, -0.2) is 13.1 Å². The van der Waals surface area contributed by atoms with Crippen molar-refractivity contribution in [2.45, 2.75) is 58.9 Å². The van der Waals surface area contributed by atoms with Crippen LogP contribution in [0.2, 0.25) is 0 Å². The average Bonchev–Trinajstić information content (AvgIpc) is 2.37. The van der Waals surface area contributed by atoms with Crippen molar-refractivity contribution in [3.8, 4) is 0 Å². The lowest BCUT2D eigenvalue weighted by atomic mass is 9.99. The zero-order valence-corrected chi connectivity index (χ0v) is 13.5. The molecule has 0 aromatic carbocycles. The molecule has 0 aromatic heterocycles. The van der Waals surface area contributed by atoms with Gasteiger partial charge in [0.1, 0.15) is 0 Å². The first-order valence-corrected chi connectivity index (χ1v) is 9.33. The smallest absolute Gasteiger partial charge is 0.211 e. The summed E-state index contributed by atoms with van der Waals surface area (Å²) in [6.45, 7) is 9.15. The van der Waals surface area contributed by atoms with Crippen LogP contribution in [0.15, 0.2) is 0 Å². The summed E-state index contributed by atoms with van der Waals surface area (Å²) in [7, 11) is -3.09. The summed E-state index contributed by atoms with van der Waals surface area (Å²) in [4.78, 5) is 2.45. The van der Waals surface area contributed by atoms with Gasteiger partial charge in [-0.1, -0.05) is 33.6 Å². The summed E-state index contributed by atoms with van der Waals surface area (Å²) < 4.78 is 26.5. The Labute approximate surface area is 119 Å². The second-order valence-electron chi connectivity index (χ2n) is 5.93. The third-order valence-corrected chi connectivity index (χ3v) is 5.34. The van der Waals surface area contributed by atoms with Gasteiger partial charge in [-0.2, -0.15) is 0 Å². The van der Waals surface area contributed by atoms with Crippen LogP contribution >= 0.6 is 0 Å². The molecule has 1 heterocycles. The second kappa shape index (κ2) is 8.22. The first-order chi connectivity index (χ1) is 8.96. The van der Waals surface area contributed by atoms with Gasteiger partial charge in [0.25, 0.3) is 0 Å². The van der Waals surface area contributed by atoms with Crippen molar-refractivity contribution in [2.24, 2.45) is 5.92 Å². The zero-order chi connectivity index (χ0) is 14.3. The fourth-order valence-corrected chi connectivity index (χ4v) is 3.89. The molecule has 5 heteroatoms. The highest BCUT2D eigenvalue weighted by Gasteiger charge is 2.24. The summed E-state index contributed by atoms with van der Waals surface area (Å²) in [6, 6.07) is 0.330. The topological polar surface area (TPSA) is 49.4 Å². The Bertz CT molecular complexity index is 335. The number of unbranched alkanes of at least 4 members (excludes halogenated alkanes) is 1. The summed E-state index contributed by atoms with van der Waals surface area (Å²) >= 11 is 0. The van der Waals surface area contributed by atoms with Gasteiger partial charge >= 0.3 is 0 Å². The molecule has 1 saturated heterocycles. The minimum absolute atomic E-state index is 0.258. The number of piperidine rings is 1. The quantitative estimate of drug-likeness (QED) is 0.745. The van der Waals surface area contributed by atoms with Gasteiger partial charge in [-0.05, 0) is 38.3 Å². The number of hydrogen-bond donors (Lipinski definition) is 1. The molecule has 0 spiro atoms. The molecule has 0 aliphatic carbocycles. The molecule has 1 N–H and O–H groups in total. The van der Waals surface area contributed by atoms with E-state index in [1.807, 2.05) is 6.92 Å². The Balaban J connectivity index is 2.49. The van der Waals surface area contributed by atoms with Gasteiger partial charge in [0.15, 0.2) is 0 Å². The molecule has 1 unspecified atom stereocenters. The van der Waals surface area contributed by atoms with E-state index in [0.29, 0.717) is 18.5 Å². The largest absolute Gasteiger partial charge is 0.299 e. The number of rotatable bonds is 8. The van der Waals surface area contributed by atoms with Crippen molar-refractivity contribution in [1.29, 1.82) is 0 Å². The van der Waals surface area contributed by atoms with Gasteiger partial charge < -0.3 is 0 Å². The van der Waals surface area contributed by atoms with E-state index in [1.54, 1.807) is 0 Å². The van der Waals surface area contributed by atoms with Crippen molar-refractivity contribution in [3.05, 3.63) is 0 Å². The van der Waals surface area contributed by atoms with Crippen LogP contribution in [0.4, 0.5) is 0 Å². The fraction of sp³-hybridized carbons (Fsp3) is 1.00. The molecule has 0 aromatic rings. The van der Waals surface area contributed by atoms with Gasteiger partial charge in [-0.15, -0.1) is 0 Å². The number of nitrogens with zero attached hydrogens (tertiary/aromatic N) is 1. The van der Waals surface area contributed by atoms with Crippen LogP contribution in [0.25, 0.3) is 0 Å². The highest BCUT2D eigenvalue weighted by atomic mass is 32.2. The maximum Gasteiger partial charge on any atom is 0.211 e. The lowest BCUT2D eigenvalue weighted by molar-refractivity contribution is 0.130. The third kappa shape index (κ3) is 6.23. The van der Waals surface area contributed by atoms with Crippen molar-refractivity contribution in [3.63, 3.8) is 0 Å². The number of sulfonamides is 1. The molecule has 4 nitrogen and oxygen atoms in total. The van der Waals surface area contributed by atoms with Gasteiger partial charge in [0.2, 0.25) is 10.0 Å². The van der Waals surface area contributed by atoms with E-state index in [0.717, 1.165) is 25.9 Å². The van der Waals surface area contributed by atoms with Gasteiger partial charge in [0, 0.05) is 12.6 Å². The number of hydrogen-bond acceptors (Lipinski definition) is 3. The molecule has 19 heavy (non-hydrogen) atoms. The maximum atomic E-state index is 11.9. The molecule has 1 rings (SSSR count). The molecule has 0 radical (unpaired) electrons. The van der Waals surface area contributed by atoms with Crippen LogP contribution in [0.5, 0.6) is 0 Å². The van der Waals surface area contributed by atoms with Crippen molar-refractivity contribution in [1.82, 2.24) is 9.62 Å². The lowest BCUT2D eigenvalue weighted by Gasteiger charge is -2.37. The van der Waals surface area contributed by atoms with Gasteiger partial charge in [0.05, 0.1) is 5.75 Å². The fourth-order valence-electron chi connectivity index (χ4n) is 2.66. The maximum absolute atomic E-state index is 11.9. The SMILES string of the molecule is CCCCS(=O)(=O)NCC(C(C)C)N1CCCCC1. The standard InChI is InChI=1S/C14H30N2O2S/c1-4-5-11-19(17,18)15-12-14(13(2)3)16-9-7-6-8-10-16/h13-15H,4-12H2,1-3H3. The normalized spacial score (nSPS) is 19.8. The van der Waals surface area contributed by atoms with E-state index < -0.39 is 10.0 Å². The predicted octanol–water partition coefficient (Wildman–Crippen LogP) is 2.22. The summed E-state index contributed by atoms with van der Waals surface area (Å²) in [5, 5.41) is 0. The van der Waals surface area contributed by atoms with Crippen LogP contribution < -0.4 is 4.72 Å². The first kappa shape index (κ1) is 16.9. The van der Waals surface area contributed by atoms with Crippen molar-refractivity contribution in [2.75, 3.05) is 25.4 Å². The molecule has 0 bridgehead atoms. The van der Waals surface area contributed by atoms with Crippen LogP contribution in [0.1, 0.15) is 52.9 Å². The van der Waals surface area contributed by atoms with Crippen LogP contribution in [0, 0.1) is 5.92 Å². The minimum atomic E-state index is -3.09. The Morgan fingerprint density at radius 3 is 2.32 bits per heavy atom. The minimum Gasteiger partial charge on any atom is -0.299 e. The molecule has 1 aliphatic rings. The number of likely N-dealkylation sites (tertiary alicyclic amines) is 1.